The number of carbonyl (C=O) groups excluding carboxylic acids is 2. The number of benzene rings is 4. The van der Waals surface area contributed by atoms with E-state index >= 15 is 0 Å². The number of fused-ring (bicyclic) bond motifs is 8. The fourth-order valence-electron chi connectivity index (χ4n) is 7.07. The molecule has 0 amide bonds. The summed E-state index contributed by atoms with van der Waals surface area (Å²) in [5.41, 5.74) is 12.4. The third-order valence-corrected chi connectivity index (χ3v) is 9.39. The number of rotatable bonds is 6. The molecular formula is C46H28N4NiO2. The summed E-state index contributed by atoms with van der Waals surface area (Å²) in [5, 5.41) is 0. The van der Waals surface area contributed by atoms with Crippen molar-refractivity contribution in [2.75, 3.05) is 0 Å². The molecule has 254 valence electrons. The SMILES string of the molecule is O=CC1=Cc2nc1c(-c1ccccc1)c1ccc([n-]1)c(-c1ccccc1)c1nc(c(-c3ccccc3)c3ccc([n-]3)c2-c2ccccc2)C(C=O)=C1.[Ni+2]. The van der Waals surface area contributed by atoms with Gasteiger partial charge in [-0.2, -0.15) is 0 Å². The van der Waals surface area contributed by atoms with Gasteiger partial charge < -0.3 is 9.97 Å². The van der Waals surface area contributed by atoms with Crippen LogP contribution in [0, 0.1) is 0 Å². The van der Waals surface area contributed by atoms with Crippen LogP contribution in [0.2, 0.25) is 0 Å². The van der Waals surface area contributed by atoms with E-state index in [1.54, 1.807) is 0 Å². The zero-order valence-electron chi connectivity index (χ0n) is 28.1. The van der Waals surface area contributed by atoms with Crippen molar-refractivity contribution in [1.29, 1.82) is 0 Å². The molecule has 0 saturated heterocycles. The molecule has 0 fully saturated rings. The van der Waals surface area contributed by atoms with Crippen molar-refractivity contribution in [3.63, 3.8) is 0 Å². The van der Waals surface area contributed by atoms with E-state index < -0.39 is 0 Å². The first-order chi connectivity index (χ1) is 25.7. The maximum Gasteiger partial charge on any atom is 2.00 e. The Labute approximate surface area is 315 Å². The van der Waals surface area contributed by atoms with E-state index in [0.29, 0.717) is 56.0 Å². The van der Waals surface area contributed by atoms with Gasteiger partial charge in [0.2, 0.25) is 0 Å². The van der Waals surface area contributed by atoms with Crippen molar-refractivity contribution in [3.05, 3.63) is 168 Å². The van der Waals surface area contributed by atoms with Crippen LogP contribution in [0.5, 0.6) is 0 Å². The first kappa shape index (κ1) is 33.5. The molecule has 4 aromatic carbocycles. The second kappa shape index (κ2) is 14.1. The maximum absolute atomic E-state index is 12.9. The minimum atomic E-state index is 0. The Bertz CT molecular complexity index is 2560. The smallest absolute Gasteiger partial charge is 0.657 e. The summed E-state index contributed by atoms with van der Waals surface area (Å²) in [5.74, 6) is 0. The molecule has 0 radical (unpaired) electrons. The molecule has 9 rings (SSSR count). The number of nitrogens with zero attached hydrogens (tertiary/aromatic N) is 4. The Morgan fingerprint density at radius 2 is 0.660 bits per heavy atom. The average molecular weight is 727 g/mol. The van der Waals surface area contributed by atoms with Gasteiger partial charge in [0.05, 0.1) is 22.8 Å². The van der Waals surface area contributed by atoms with Gasteiger partial charge in [0, 0.05) is 11.1 Å². The third-order valence-electron chi connectivity index (χ3n) is 9.39. The molecule has 0 atom stereocenters. The van der Waals surface area contributed by atoms with E-state index in [1.165, 1.54) is 0 Å². The van der Waals surface area contributed by atoms with Gasteiger partial charge in [0.15, 0.2) is 12.6 Å². The van der Waals surface area contributed by atoms with Crippen molar-refractivity contribution in [3.8, 4) is 44.5 Å². The molecule has 0 aliphatic carbocycles. The number of aromatic nitrogens is 4. The molecular weight excluding hydrogens is 699 g/mol. The molecule has 2 aliphatic rings. The second-order valence-corrected chi connectivity index (χ2v) is 12.5. The number of carbonyl (C=O) groups is 2. The summed E-state index contributed by atoms with van der Waals surface area (Å²) in [6, 6.07) is 47.5. The quantitative estimate of drug-likeness (QED) is 0.125. The summed E-state index contributed by atoms with van der Waals surface area (Å²) in [4.78, 5) is 46.7. The first-order valence-electron chi connectivity index (χ1n) is 17.0. The molecule has 8 bridgehead atoms. The number of aldehydes is 2. The molecule has 0 unspecified atom stereocenters. The van der Waals surface area contributed by atoms with Crippen LogP contribution in [0.1, 0.15) is 22.8 Å². The Kier molecular flexibility index (Phi) is 8.93. The predicted octanol–water partition coefficient (Wildman–Crippen LogP) is 9.72. The van der Waals surface area contributed by atoms with E-state index in [0.717, 1.165) is 57.1 Å². The van der Waals surface area contributed by atoms with E-state index in [9.17, 15) is 9.59 Å². The Morgan fingerprint density at radius 3 is 0.962 bits per heavy atom. The summed E-state index contributed by atoms with van der Waals surface area (Å²) >= 11 is 0. The predicted molar refractivity (Wildman–Crippen MR) is 209 cm³/mol. The fraction of sp³-hybridized carbons (Fsp3) is 0. The monoisotopic (exact) mass is 726 g/mol. The van der Waals surface area contributed by atoms with Gasteiger partial charge in [-0.25, -0.2) is 9.97 Å². The normalized spacial score (nSPS) is 12.0. The summed E-state index contributed by atoms with van der Waals surface area (Å²) in [6.07, 6.45) is 5.39. The molecule has 7 aromatic rings. The average Bonchev–Trinajstić information content (AvgIpc) is 4.03. The molecule has 0 saturated carbocycles. The maximum atomic E-state index is 12.9. The van der Waals surface area contributed by atoms with Crippen molar-refractivity contribution in [1.82, 2.24) is 19.9 Å². The largest absolute Gasteiger partial charge is 2.00 e. The van der Waals surface area contributed by atoms with Crippen LogP contribution in [-0.2, 0) is 26.1 Å². The first-order valence-corrected chi connectivity index (χ1v) is 17.0. The molecule has 6 nitrogen and oxygen atoms in total. The van der Waals surface area contributed by atoms with Crippen LogP contribution in [0.3, 0.4) is 0 Å². The molecule has 7 heteroatoms. The zero-order valence-corrected chi connectivity index (χ0v) is 29.1. The fourth-order valence-corrected chi connectivity index (χ4v) is 7.07. The second-order valence-electron chi connectivity index (χ2n) is 12.5. The molecule has 0 spiro atoms. The van der Waals surface area contributed by atoms with Crippen LogP contribution < -0.4 is 9.97 Å². The topological polar surface area (TPSA) is 88.1 Å². The van der Waals surface area contributed by atoms with Crippen LogP contribution in [0.4, 0.5) is 0 Å². The van der Waals surface area contributed by atoms with E-state index in [-0.39, 0.29) is 16.5 Å². The van der Waals surface area contributed by atoms with Gasteiger partial charge in [0.1, 0.15) is 0 Å². The molecule has 53 heavy (non-hydrogen) atoms. The van der Waals surface area contributed by atoms with E-state index in [2.05, 4.69) is 0 Å². The van der Waals surface area contributed by atoms with Gasteiger partial charge >= 0.3 is 16.5 Å². The van der Waals surface area contributed by atoms with Crippen molar-refractivity contribution >= 4 is 57.9 Å². The van der Waals surface area contributed by atoms with Crippen LogP contribution in [0.15, 0.2) is 146 Å². The van der Waals surface area contributed by atoms with Crippen molar-refractivity contribution in [2.45, 2.75) is 0 Å². The van der Waals surface area contributed by atoms with Gasteiger partial charge in [0.25, 0.3) is 0 Å². The van der Waals surface area contributed by atoms with Crippen molar-refractivity contribution in [2.24, 2.45) is 0 Å². The van der Waals surface area contributed by atoms with Gasteiger partial charge in [-0.1, -0.05) is 146 Å². The molecule has 0 N–H and O–H groups in total. The van der Waals surface area contributed by atoms with Gasteiger partial charge in [-0.05, 0) is 56.7 Å². The minimum absolute atomic E-state index is 0. The zero-order chi connectivity index (χ0) is 35.0. The van der Waals surface area contributed by atoms with E-state index in [1.807, 2.05) is 158 Å². The Balaban J connectivity index is 0.00000400. The number of allylic oxidation sites excluding steroid dienone is 2. The summed E-state index contributed by atoms with van der Waals surface area (Å²) < 4.78 is 0. The summed E-state index contributed by atoms with van der Waals surface area (Å²) in [7, 11) is 0. The van der Waals surface area contributed by atoms with Crippen molar-refractivity contribution < 1.29 is 26.1 Å². The van der Waals surface area contributed by atoms with E-state index in [4.69, 9.17) is 19.9 Å². The molecule has 5 heterocycles. The van der Waals surface area contributed by atoms with Crippen LogP contribution >= 0.6 is 0 Å². The molecule has 3 aromatic heterocycles. The van der Waals surface area contributed by atoms with Crippen LogP contribution in [0.25, 0.3) is 89.9 Å². The van der Waals surface area contributed by atoms with Gasteiger partial charge in [-0.15, -0.1) is 22.1 Å². The minimum Gasteiger partial charge on any atom is -0.657 e. The Hall–Kier alpha value is -6.69. The number of hydrogen-bond donors (Lipinski definition) is 0. The standard InChI is InChI=1S/C46H29N4O2.Ni/c51-27-33-25-39-41(29-13-5-1-6-14-29)35-21-23-37(47-35)43(31-17-9-3-10-18-31)46-34(28-52)26-40(50-46)42(30-15-7-2-8-16-30)36-22-24-38(48-36)44(45(33)49-39)32-19-11-4-12-20-32;/h1-28H,(H-,47,48,49,50,51,52);/q-1;+2/p-1. The summed E-state index contributed by atoms with van der Waals surface area (Å²) in [6.45, 7) is 0. The Morgan fingerprint density at radius 1 is 0.377 bits per heavy atom. The molecule has 2 aliphatic heterocycles. The van der Waals surface area contributed by atoms with Gasteiger partial charge in [-0.3, -0.25) is 9.59 Å². The number of hydrogen-bond acceptors (Lipinski definition) is 4. The third kappa shape index (κ3) is 5.97. The van der Waals surface area contributed by atoms with Crippen LogP contribution in [-0.4, -0.2) is 22.5 Å².